The number of rotatable bonds is 11. The highest BCUT2D eigenvalue weighted by atomic mass is 32.3. The Hall–Kier alpha value is -0.660. The van der Waals surface area contributed by atoms with Gasteiger partial charge in [-0.3, -0.25) is 9.11 Å². The molecule has 0 aromatic heterocycles. The summed E-state index contributed by atoms with van der Waals surface area (Å²) in [5.74, 6) is -1.15. The van der Waals surface area contributed by atoms with E-state index in [4.69, 9.17) is 33.3 Å². The minimum atomic E-state index is -5.13. The zero-order valence-electron chi connectivity index (χ0n) is 17.6. The van der Waals surface area contributed by atoms with Crippen LogP contribution in [0.15, 0.2) is 0 Å². The fourth-order valence-corrected chi connectivity index (χ4v) is 4.61. The third kappa shape index (κ3) is 7.67. The van der Waals surface area contributed by atoms with Crippen LogP contribution in [0.5, 0.6) is 0 Å². The van der Waals surface area contributed by atoms with Gasteiger partial charge in [-0.15, -0.1) is 0 Å². The molecule has 0 aromatic carbocycles. The van der Waals surface area contributed by atoms with Crippen LogP contribution in [0.4, 0.5) is 0 Å². The number of aliphatic hydroxyl groups is 3. The summed E-state index contributed by atoms with van der Waals surface area (Å²) in [5, 5.41) is 42.7. The van der Waals surface area contributed by atoms with Crippen LogP contribution in [0.1, 0.15) is 6.92 Å². The van der Waals surface area contributed by atoms with Crippen molar-refractivity contribution in [3.8, 4) is 0 Å². The Kier molecular flexibility index (Phi) is 10.5. The normalized spacial score (nSPS) is 39.8. The Morgan fingerprint density at radius 3 is 1.91 bits per heavy atom. The maximum Gasteiger partial charge on any atom is 0.397 e. The van der Waals surface area contributed by atoms with Gasteiger partial charge in [-0.1, -0.05) is 12.0 Å². The summed E-state index contributed by atoms with van der Waals surface area (Å²) in [4.78, 5) is 4.35. The molecule has 18 nitrogen and oxygen atoms in total. The molecule has 0 aromatic rings. The third-order valence-electron chi connectivity index (χ3n) is 5.08. The molecule has 0 bridgehead atoms. The second kappa shape index (κ2) is 12.1. The maximum absolute atomic E-state index is 11.2. The second-order valence-corrected chi connectivity index (χ2v) is 9.38. The van der Waals surface area contributed by atoms with Crippen molar-refractivity contribution in [2.75, 3.05) is 20.3 Å². The quantitative estimate of drug-likeness (QED) is 0.0838. The Labute approximate surface area is 193 Å². The number of methoxy groups -OCH3 is 1. The summed E-state index contributed by atoms with van der Waals surface area (Å²) in [7, 11) is -9.08. The molecule has 2 fully saturated rings. The molecule has 202 valence electrons. The minimum absolute atomic E-state index is 0.660. The van der Waals surface area contributed by atoms with E-state index in [2.05, 4.69) is 18.3 Å². The van der Waals surface area contributed by atoms with Crippen LogP contribution >= 0.6 is 0 Å². The molecule has 2 aliphatic heterocycles. The van der Waals surface area contributed by atoms with Crippen LogP contribution in [0, 0.1) is 5.92 Å². The first-order valence-corrected chi connectivity index (χ1v) is 12.2. The minimum Gasteiger partial charge on any atom is -0.394 e. The summed E-state index contributed by atoms with van der Waals surface area (Å²) < 4.78 is 92.5. The van der Waals surface area contributed by atoms with Gasteiger partial charge in [-0.2, -0.15) is 16.8 Å². The van der Waals surface area contributed by atoms with Gasteiger partial charge in [0, 0.05) is 13.0 Å². The van der Waals surface area contributed by atoms with E-state index in [0.29, 0.717) is 0 Å². The van der Waals surface area contributed by atoms with Crippen LogP contribution in [0.2, 0.25) is 0 Å². The average molecular weight is 546 g/mol. The third-order valence-corrected chi connectivity index (χ3v) is 6.01. The Morgan fingerprint density at radius 1 is 0.853 bits per heavy atom. The molecule has 34 heavy (non-hydrogen) atoms. The first kappa shape index (κ1) is 29.6. The van der Waals surface area contributed by atoms with Gasteiger partial charge in [0.15, 0.2) is 18.7 Å². The van der Waals surface area contributed by atoms with Crippen LogP contribution < -0.4 is 0 Å². The van der Waals surface area contributed by atoms with Gasteiger partial charge in [-0.05, 0) is 0 Å². The molecule has 0 aliphatic carbocycles. The molecule has 0 saturated carbocycles. The number of hydrogen-bond donors (Lipinski definition) is 6. The van der Waals surface area contributed by atoms with Crippen molar-refractivity contribution >= 4 is 20.8 Å². The van der Waals surface area contributed by atoms with Crippen molar-refractivity contribution in [1.29, 1.82) is 0 Å². The number of hydrogen-bond acceptors (Lipinski definition) is 16. The molecule has 2 rings (SSSR count). The summed E-state index contributed by atoms with van der Waals surface area (Å²) in [6.45, 7) is -0.236. The molecule has 0 amide bonds. The summed E-state index contributed by atoms with van der Waals surface area (Å²) in [6.07, 6.45) is -15.0. The molecule has 2 aliphatic rings. The smallest absolute Gasteiger partial charge is 0.394 e. The van der Waals surface area contributed by atoms with E-state index >= 15 is 0 Å². The molecule has 5 unspecified atom stereocenters. The van der Waals surface area contributed by atoms with E-state index in [1.807, 2.05) is 0 Å². The van der Waals surface area contributed by atoms with Crippen LogP contribution in [-0.2, 0) is 58.0 Å². The van der Waals surface area contributed by atoms with Gasteiger partial charge in [0.2, 0.25) is 0 Å². The average Bonchev–Trinajstić information content (AvgIpc) is 2.73. The van der Waals surface area contributed by atoms with Crippen molar-refractivity contribution in [3.63, 3.8) is 0 Å². The molecule has 0 radical (unpaired) electrons. The largest absolute Gasteiger partial charge is 0.397 e. The van der Waals surface area contributed by atoms with E-state index < -0.39 is 95.2 Å². The SMILES string of the molecule is CO[C@@H]1OC(COOO)[C@H](O[C@@H]2OC(CO)[C@H](OS(=O)(=O)O)C(C)C2O)[C@H](O)C1OS(=O)(=O)O. The zero-order valence-corrected chi connectivity index (χ0v) is 19.2. The Balaban J connectivity index is 2.30. The van der Waals surface area contributed by atoms with Crippen molar-refractivity contribution in [2.45, 2.75) is 62.2 Å². The topological polar surface area (TPSA) is 263 Å². The highest BCUT2D eigenvalue weighted by Gasteiger charge is 2.53. The number of ether oxygens (including phenoxy) is 4. The summed E-state index contributed by atoms with van der Waals surface area (Å²) in [6, 6.07) is 0. The standard InChI is InChI=1S/C14H26O18S2/c1-5-8(16)13(27-6(3-15)10(5)30-33(19,20)21)29-11-7(4-26-32-18)28-14(25-2)12(9(11)17)31-34(22,23)24/h5-18H,3-4H2,1-2H3,(H,19,20,21)(H,22,23,24)/t5?,6?,7?,8?,9-,10+,11-,12?,13-,14+/m0/s1. The highest BCUT2D eigenvalue weighted by Crippen LogP contribution is 2.34. The lowest BCUT2D eigenvalue weighted by Gasteiger charge is -2.47. The predicted molar refractivity (Wildman–Crippen MR) is 100.0 cm³/mol. The first-order chi connectivity index (χ1) is 15.7. The molecular weight excluding hydrogens is 520 g/mol. The van der Waals surface area contributed by atoms with Crippen LogP contribution in [0.3, 0.4) is 0 Å². The second-order valence-electron chi connectivity index (χ2n) is 7.28. The lowest BCUT2D eigenvalue weighted by Crippen LogP contribution is -2.64. The molecule has 0 spiro atoms. The number of aliphatic hydroxyl groups excluding tert-OH is 3. The lowest BCUT2D eigenvalue weighted by atomic mass is 9.90. The summed E-state index contributed by atoms with van der Waals surface area (Å²) in [5.41, 5.74) is 0. The lowest BCUT2D eigenvalue weighted by molar-refractivity contribution is -0.499. The molecule has 20 heteroatoms. The van der Waals surface area contributed by atoms with E-state index in [1.165, 1.54) is 6.92 Å². The van der Waals surface area contributed by atoms with Gasteiger partial charge < -0.3 is 34.3 Å². The van der Waals surface area contributed by atoms with E-state index in [-0.39, 0.29) is 0 Å². The van der Waals surface area contributed by atoms with Crippen molar-refractivity contribution < 1.29 is 83.8 Å². The first-order valence-electron chi connectivity index (χ1n) is 9.43. The van der Waals surface area contributed by atoms with Gasteiger partial charge in [0.1, 0.15) is 43.2 Å². The monoisotopic (exact) mass is 546 g/mol. The van der Waals surface area contributed by atoms with Crippen LogP contribution in [-0.4, -0.2) is 122 Å². The van der Waals surface area contributed by atoms with Crippen molar-refractivity contribution in [2.24, 2.45) is 5.92 Å². The molecule has 6 N–H and O–H groups in total. The van der Waals surface area contributed by atoms with Crippen molar-refractivity contribution in [1.82, 2.24) is 0 Å². The molecular formula is C14H26O18S2. The molecule has 2 saturated heterocycles. The molecule has 2 heterocycles. The maximum atomic E-state index is 11.2. The van der Waals surface area contributed by atoms with Crippen molar-refractivity contribution in [3.05, 3.63) is 0 Å². The van der Waals surface area contributed by atoms with Gasteiger partial charge in [-0.25, -0.2) is 18.5 Å². The zero-order chi connectivity index (χ0) is 25.8. The fraction of sp³-hybridized carbons (Fsp3) is 1.00. The van der Waals surface area contributed by atoms with Gasteiger partial charge in [0.25, 0.3) is 0 Å². The fourth-order valence-electron chi connectivity index (χ4n) is 3.54. The predicted octanol–water partition coefficient (Wildman–Crippen LogP) is -3.38. The highest BCUT2D eigenvalue weighted by molar-refractivity contribution is 7.81. The Morgan fingerprint density at radius 2 is 1.41 bits per heavy atom. The van der Waals surface area contributed by atoms with E-state index in [1.54, 1.807) is 0 Å². The molecule has 10 atom stereocenters. The van der Waals surface area contributed by atoms with Gasteiger partial charge in [0.05, 0.1) is 6.61 Å². The van der Waals surface area contributed by atoms with Gasteiger partial charge >= 0.3 is 20.8 Å². The van der Waals surface area contributed by atoms with E-state index in [9.17, 15) is 32.2 Å². The van der Waals surface area contributed by atoms with Crippen LogP contribution in [0.25, 0.3) is 0 Å². The Bertz CT molecular complexity index is 847. The summed E-state index contributed by atoms with van der Waals surface area (Å²) >= 11 is 0. The van der Waals surface area contributed by atoms with E-state index in [0.717, 1.165) is 7.11 Å².